The monoisotopic (exact) mass is 345 g/mol. The number of ether oxygens (including phenoxy) is 1. The minimum atomic E-state index is -0.114. The van der Waals surface area contributed by atoms with Crippen molar-refractivity contribution in [2.75, 3.05) is 27.7 Å². The van der Waals surface area contributed by atoms with Crippen molar-refractivity contribution in [2.45, 2.75) is 32.7 Å². The van der Waals surface area contributed by atoms with Gasteiger partial charge in [-0.15, -0.1) is 0 Å². The van der Waals surface area contributed by atoms with Gasteiger partial charge in [-0.25, -0.2) is 4.98 Å². The quantitative estimate of drug-likeness (QED) is 0.835. The number of amides is 1. The van der Waals surface area contributed by atoms with Gasteiger partial charge in [0.2, 0.25) is 11.8 Å². The lowest BCUT2D eigenvalue weighted by Gasteiger charge is -2.32. The Labute approximate surface area is 149 Å². The van der Waals surface area contributed by atoms with E-state index in [1.165, 1.54) is 0 Å². The van der Waals surface area contributed by atoms with Crippen molar-refractivity contribution in [1.82, 2.24) is 15.2 Å². The third-order valence-electron chi connectivity index (χ3n) is 4.49. The SMILES string of the molecule is COc1ccccc1-c1nc(CC(=O)NCC(C)(C)N(C)C)c(C)o1. The van der Waals surface area contributed by atoms with Gasteiger partial charge < -0.3 is 19.4 Å². The number of carbonyl (C=O) groups excluding carboxylic acids is 1. The van der Waals surface area contributed by atoms with Gasteiger partial charge in [-0.3, -0.25) is 4.79 Å². The Hall–Kier alpha value is -2.34. The Bertz CT molecular complexity index is 735. The summed E-state index contributed by atoms with van der Waals surface area (Å²) in [5.41, 5.74) is 1.30. The average Bonchev–Trinajstić information content (AvgIpc) is 2.93. The van der Waals surface area contributed by atoms with Crippen LogP contribution in [0.5, 0.6) is 5.75 Å². The molecule has 1 heterocycles. The van der Waals surface area contributed by atoms with Crippen LogP contribution in [0.15, 0.2) is 28.7 Å². The molecule has 0 aliphatic carbocycles. The molecule has 0 atom stereocenters. The van der Waals surface area contributed by atoms with Crippen LogP contribution >= 0.6 is 0 Å². The number of hydrogen-bond donors (Lipinski definition) is 1. The number of para-hydroxylation sites is 1. The normalized spacial score (nSPS) is 11.6. The van der Waals surface area contributed by atoms with Crippen LogP contribution in [0, 0.1) is 6.92 Å². The Morgan fingerprint density at radius 2 is 2.00 bits per heavy atom. The third-order valence-corrected chi connectivity index (χ3v) is 4.49. The lowest BCUT2D eigenvalue weighted by atomic mass is 10.0. The topological polar surface area (TPSA) is 67.6 Å². The zero-order chi connectivity index (χ0) is 18.6. The van der Waals surface area contributed by atoms with E-state index in [9.17, 15) is 4.79 Å². The zero-order valence-corrected chi connectivity index (χ0v) is 15.8. The maximum absolute atomic E-state index is 12.3. The number of hydrogen-bond acceptors (Lipinski definition) is 5. The van der Waals surface area contributed by atoms with Gasteiger partial charge in [0.05, 0.1) is 24.8 Å². The highest BCUT2D eigenvalue weighted by atomic mass is 16.5. The number of aromatic nitrogens is 1. The minimum Gasteiger partial charge on any atom is -0.496 e. The molecule has 1 aromatic heterocycles. The summed E-state index contributed by atoms with van der Waals surface area (Å²) in [5, 5.41) is 2.96. The molecule has 6 nitrogen and oxygen atoms in total. The van der Waals surface area contributed by atoms with Crippen molar-refractivity contribution < 1.29 is 13.9 Å². The van der Waals surface area contributed by atoms with Gasteiger partial charge in [0.25, 0.3) is 0 Å². The second-order valence-corrected chi connectivity index (χ2v) is 6.88. The number of rotatable bonds is 7. The summed E-state index contributed by atoms with van der Waals surface area (Å²) < 4.78 is 11.1. The number of nitrogens with one attached hydrogen (secondary N) is 1. The van der Waals surface area contributed by atoms with E-state index < -0.39 is 0 Å². The van der Waals surface area contributed by atoms with Crippen LogP contribution in [0.4, 0.5) is 0 Å². The molecule has 0 spiro atoms. The fraction of sp³-hybridized carbons (Fsp3) is 0.474. The summed E-state index contributed by atoms with van der Waals surface area (Å²) in [6.07, 6.45) is 0.188. The predicted molar refractivity (Wildman–Crippen MR) is 97.7 cm³/mol. The van der Waals surface area contributed by atoms with Gasteiger partial charge in [-0.1, -0.05) is 12.1 Å². The maximum atomic E-state index is 12.3. The van der Waals surface area contributed by atoms with E-state index in [4.69, 9.17) is 9.15 Å². The Balaban J connectivity index is 2.09. The molecule has 25 heavy (non-hydrogen) atoms. The van der Waals surface area contributed by atoms with Crippen LogP contribution in [0.3, 0.4) is 0 Å². The van der Waals surface area contributed by atoms with Gasteiger partial charge in [-0.2, -0.15) is 0 Å². The van der Waals surface area contributed by atoms with Crippen LogP contribution in [0.25, 0.3) is 11.5 Å². The first-order valence-corrected chi connectivity index (χ1v) is 8.28. The number of likely N-dealkylation sites (N-methyl/N-ethyl adjacent to an activating group) is 1. The van der Waals surface area contributed by atoms with E-state index in [1.807, 2.05) is 45.3 Å². The van der Waals surface area contributed by atoms with E-state index in [0.717, 1.165) is 5.56 Å². The van der Waals surface area contributed by atoms with Gasteiger partial charge in [0.15, 0.2) is 0 Å². The van der Waals surface area contributed by atoms with Crippen molar-refractivity contribution in [1.29, 1.82) is 0 Å². The molecule has 0 radical (unpaired) electrons. The summed E-state index contributed by atoms with van der Waals surface area (Å²) in [4.78, 5) is 18.8. The highest BCUT2D eigenvalue weighted by Gasteiger charge is 2.22. The van der Waals surface area contributed by atoms with E-state index in [0.29, 0.717) is 29.6 Å². The average molecular weight is 345 g/mol. The van der Waals surface area contributed by atoms with Gasteiger partial charge in [0.1, 0.15) is 11.5 Å². The second-order valence-electron chi connectivity index (χ2n) is 6.88. The molecule has 0 saturated heterocycles. The van der Waals surface area contributed by atoms with Crippen LogP contribution in [-0.2, 0) is 11.2 Å². The summed E-state index contributed by atoms with van der Waals surface area (Å²) >= 11 is 0. The van der Waals surface area contributed by atoms with Gasteiger partial charge in [0, 0.05) is 12.1 Å². The highest BCUT2D eigenvalue weighted by Crippen LogP contribution is 2.30. The summed E-state index contributed by atoms with van der Waals surface area (Å²) in [6.45, 7) is 6.54. The molecule has 2 rings (SSSR count). The third kappa shape index (κ3) is 4.60. The maximum Gasteiger partial charge on any atom is 0.230 e. The first-order valence-electron chi connectivity index (χ1n) is 8.28. The van der Waals surface area contributed by atoms with Gasteiger partial charge in [-0.05, 0) is 47.0 Å². The molecule has 0 fully saturated rings. The van der Waals surface area contributed by atoms with Crippen molar-refractivity contribution >= 4 is 5.91 Å². The molecule has 2 aromatic rings. The molecule has 1 aromatic carbocycles. The molecule has 1 N–H and O–H groups in total. The van der Waals surface area contributed by atoms with E-state index in [1.54, 1.807) is 7.11 Å². The van der Waals surface area contributed by atoms with Crippen molar-refractivity contribution in [3.8, 4) is 17.2 Å². The number of benzene rings is 1. The van der Waals surface area contributed by atoms with Crippen LogP contribution in [-0.4, -0.2) is 49.1 Å². The second kappa shape index (κ2) is 7.70. The van der Waals surface area contributed by atoms with Crippen molar-refractivity contribution in [2.24, 2.45) is 0 Å². The standard InChI is InChI=1S/C19H27N3O3/c1-13-15(11-17(23)20-12-19(2,3)22(4)5)21-18(25-13)14-9-7-8-10-16(14)24-6/h7-10H,11-12H2,1-6H3,(H,20,23). The van der Waals surface area contributed by atoms with Crippen LogP contribution in [0.1, 0.15) is 25.3 Å². The molecule has 0 aliphatic heterocycles. The lowest BCUT2D eigenvalue weighted by molar-refractivity contribution is -0.121. The highest BCUT2D eigenvalue weighted by molar-refractivity contribution is 5.78. The summed E-state index contributed by atoms with van der Waals surface area (Å²) in [6, 6.07) is 7.52. The number of carbonyl (C=O) groups is 1. The van der Waals surface area contributed by atoms with Crippen LogP contribution < -0.4 is 10.1 Å². The number of oxazole rings is 1. The molecule has 0 unspecified atom stereocenters. The molecule has 0 bridgehead atoms. The first-order chi connectivity index (χ1) is 11.7. The minimum absolute atomic E-state index is 0.0714. The number of aryl methyl sites for hydroxylation is 1. The van der Waals surface area contributed by atoms with Crippen molar-refractivity contribution in [3.05, 3.63) is 35.7 Å². The fourth-order valence-electron chi connectivity index (χ4n) is 2.22. The number of nitrogens with zero attached hydrogens (tertiary/aromatic N) is 2. The predicted octanol–water partition coefficient (Wildman–Crippen LogP) is 2.66. The van der Waals surface area contributed by atoms with Gasteiger partial charge >= 0.3 is 0 Å². The molecule has 0 saturated carbocycles. The van der Waals surface area contributed by atoms with E-state index in [-0.39, 0.29) is 17.9 Å². The van der Waals surface area contributed by atoms with E-state index >= 15 is 0 Å². The molecular formula is C19H27N3O3. The largest absolute Gasteiger partial charge is 0.496 e. The Morgan fingerprint density at radius 3 is 2.64 bits per heavy atom. The fourth-order valence-corrected chi connectivity index (χ4v) is 2.22. The van der Waals surface area contributed by atoms with E-state index in [2.05, 4.69) is 29.0 Å². The molecule has 6 heteroatoms. The molecule has 0 aliphatic rings. The molecule has 1 amide bonds. The number of methoxy groups -OCH3 is 1. The van der Waals surface area contributed by atoms with Crippen LogP contribution in [0.2, 0.25) is 0 Å². The summed E-state index contributed by atoms with van der Waals surface area (Å²) in [5.74, 6) is 1.72. The molecule has 136 valence electrons. The Morgan fingerprint density at radius 1 is 1.32 bits per heavy atom. The zero-order valence-electron chi connectivity index (χ0n) is 15.8. The lowest BCUT2D eigenvalue weighted by Crippen LogP contribution is -2.48. The summed E-state index contributed by atoms with van der Waals surface area (Å²) in [7, 11) is 5.59. The smallest absolute Gasteiger partial charge is 0.230 e. The molecular weight excluding hydrogens is 318 g/mol. The first kappa shape index (κ1) is 19.0. The van der Waals surface area contributed by atoms with Crippen molar-refractivity contribution in [3.63, 3.8) is 0 Å². The Kier molecular flexibility index (Phi) is 5.85.